The van der Waals surface area contributed by atoms with E-state index in [0.717, 1.165) is 5.69 Å². The number of amides is 1. The first-order valence-electron chi connectivity index (χ1n) is 8.45. The van der Waals surface area contributed by atoms with Gasteiger partial charge in [-0.05, 0) is 36.4 Å². The molecule has 3 rings (SSSR count). The predicted octanol–water partition coefficient (Wildman–Crippen LogP) is 4.29. The number of esters is 1. The SMILES string of the molecule is O=C(OCC(=O)N1CCN(c2ccc(F)cc2)CC1)c1c(Cl)ccc(Cl)c1Cl. The summed E-state index contributed by atoms with van der Waals surface area (Å²) in [5, 5.41) is 0.251. The number of hydrogen-bond acceptors (Lipinski definition) is 4. The zero-order valence-corrected chi connectivity index (χ0v) is 16.9. The molecule has 1 aliphatic heterocycles. The average Bonchev–Trinajstić information content (AvgIpc) is 2.70. The molecule has 0 saturated carbocycles. The van der Waals surface area contributed by atoms with E-state index in [1.807, 2.05) is 0 Å². The quantitative estimate of drug-likeness (QED) is 0.520. The maximum absolute atomic E-state index is 13.0. The van der Waals surface area contributed by atoms with Gasteiger partial charge in [0.15, 0.2) is 6.61 Å². The van der Waals surface area contributed by atoms with Crippen molar-refractivity contribution < 1.29 is 18.7 Å². The molecule has 9 heteroatoms. The predicted molar refractivity (Wildman–Crippen MR) is 107 cm³/mol. The first-order chi connectivity index (χ1) is 13.4. The van der Waals surface area contributed by atoms with Gasteiger partial charge in [-0.25, -0.2) is 9.18 Å². The van der Waals surface area contributed by atoms with Gasteiger partial charge >= 0.3 is 5.97 Å². The highest BCUT2D eigenvalue weighted by molar-refractivity contribution is 6.46. The van der Waals surface area contributed by atoms with Gasteiger partial charge in [-0.3, -0.25) is 4.79 Å². The molecule has 0 unspecified atom stereocenters. The number of ether oxygens (including phenoxy) is 1. The van der Waals surface area contributed by atoms with E-state index < -0.39 is 12.6 Å². The number of rotatable bonds is 4. The van der Waals surface area contributed by atoms with Gasteiger partial charge in [0, 0.05) is 31.9 Å². The molecule has 2 aromatic carbocycles. The Bertz CT molecular complexity index is 885. The van der Waals surface area contributed by atoms with Crippen LogP contribution in [-0.4, -0.2) is 49.6 Å². The number of nitrogens with zero attached hydrogens (tertiary/aromatic N) is 2. The van der Waals surface area contributed by atoms with Crippen molar-refractivity contribution in [3.05, 3.63) is 62.8 Å². The summed E-state index contributed by atoms with van der Waals surface area (Å²) >= 11 is 17.9. The van der Waals surface area contributed by atoms with Crippen LogP contribution in [0.25, 0.3) is 0 Å². The van der Waals surface area contributed by atoms with Crippen LogP contribution in [0.1, 0.15) is 10.4 Å². The fourth-order valence-electron chi connectivity index (χ4n) is 2.87. The fraction of sp³-hybridized carbons (Fsp3) is 0.263. The van der Waals surface area contributed by atoms with E-state index >= 15 is 0 Å². The highest BCUT2D eigenvalue weighted by Gasteiger charge is 2.24. The monoisotopic (exact) mass is 444 g/mol. The molecule has 0 radical (unpaired) electrons. The third-order valence-electron chi connectivity index (χ3n) is 4.40. The van der Waals surface area contributed by atoms with E-state index in [4.69, 9.17) is 39.5 Å². The van der Waals surface area contributed by atoms with Crippen LogP contribution in [-0.2, 0) is 9.53 Å². The van der Waals surface area contributed by atoms with Gasteiger partial charge < -0.3 is 14.5 Å². The van der Waals surface area contributed by atoms with Crippen molar-refractivity contribution in [3.63, 3.8) is 0 Å². The second-order valence-corrected chi connectivity index (χ2v) is 7.33. The summed E-state index contributed by atoms with van der Waals surface area (Å²) in [7, 11) is 0. The maximum Gasteiger partial charge on any atom is 0.341 e. The zero-order chi connectivity index (χ0) is 20.3. The summed E-state index contributed by atoms with van der Waals surface area (Å²) in [5.74, 6) is -1.42. The molecule has 2 aromatic rings. The lowest BCUT2D eigenvalue weighted by Gasteiger charge is -2.36. The van der Waals surface area contributed by atoms with Gasteiger partial charge in [-0.1, -0.05) is 34.8 Å². The third-order valence-corrected chi connectivity index (χ3v) is 5.52. The molecule has 1 amide bonds. The number of halogens is 4. The van der Waals surface area contributed by atoms with Crippen LogP contribution in [0.15, 0.2) is 36.4 Å². The molecule has 1 heterocycles. The van der Waals surface area contributed by atoms with Crippen LogP contribution in [0.4, 0.5) is 10.1 Å². The lowest BCUT2D eigenvalue weighted by molar-refractivity contribution is -0.134. The smallest absolute Gasteiger partial charge is 0.341 e. The van der Waals surface area contributed by atoms with Gasteiger partial charge in [-0.15, -0.1) is 0 Å². The van der Waals surface area contributed by atoms with E-state index in [-0.39, 0.29) is 32.4 Å². The van der Waals surface area contributed by atoms with E-state index in [9.17, 15) is 14.0 Å². The van der Waals surface area contributed by atoms with E-state index in [0.29, 0.717) is 26.2 Å². The molecule has 28 heavy (non-hydrogen) atoms. The van der Waals surface area contributed by atoms with Crippen molar-refractivity contribution in [2.24, 2.45) is 0 Å². The van der Waals surface area contributed by atoms with E-state index in [2.05, 4.69) is 4.90 Å². The molecule has 0 N–H and O–H groups in total. The lowest BCUT2D eigenvalue weighted by atomic mass is 10.2. The first kappa shape index (κ1) is 20.7. The van der Waals surface area contributed by atoms with Crippen LogP contribution in [0.2, 0.25) is 15.1 Å². The van der Waals surface area contributed by atoms with Gasteiger partial charge in [0.25, 0.3) is 5.91 Å². The fourth-order valence-corrected chi connectivity index (χ4v) is 3.55. The summed E-state index contributed by atoms with van der Waals surface area (Å²) in [6, 6.07) is 9.11. The molecule has 1 saturated heterocycles. The van der Waals surface area contributed by atoms with Gasteiger partial charge in [0.2, 0.25) is 0 Å². The minimum atomic E-state index is -0.809. The number of piperazine rings is 1. The standard InChI is InChI=1S/C19H16Cl3FN2O3/c20-14-5-6-15(21)18(22)17(14)19(27)28-11-16(26)25-9-7-24(8-10-25)13-3-1-12(23)2-4-13/h1-6H,7-11H2. The number of hydrogen-bond donors (Lipinski definition) is 0. The Morgan fingerprint density at radius 2 is 1.54 bits per heavy atom. The van der Waals surface area contributed by atoms with Crippen molar-refractivity contribution in [3.8, 4) is 0 Å². The first-order valence-corrected chi connectivity index (χ1v) is 9.59. The highest BCUT2D eigenvalue weighted by Crippen LogP contribution is 2.31. The number of carbonyl (C=O) groups excluding carboxylic acids is 2. The maximum atomic E-state index is 13.0. The molecule has 1 fully saturated rings. The molecular formula is C19H16Cl3FN2O3. The van der Waals surface area contributed by atoms with Crippen LogP contribution in [0.3, 0.4) is 0 Å². The normalized spacial score (nSPS) is 14.1. The summed E-state index contributed by atoms with van der Waals surface area (Å²) in [6.07, 6.45) is 0. The topological polar surface area (TPSA) is 49.9 Å². The van der Waals surface area contributed by atoms with Crippen LogP contribution < -0.4 is 4.90 Å². The highest BCUT2D eigenvalue weighted by atomic mass is 35.5. The number of anilines is 1. The Kier molecular flexibility index (Phi) is 6.65. The summed E-state index contributed by atoms with van der Waals surface area (Å²) in [4.78, 5) is 28.2. The molecule has 0 atom stereocenters. The number of benzene rings is 2. The Morgan fingerprint density at radius 1 is 0.929 bits per heavy atom. The third kappa shape index (κ3) is 4.69. The summed E-state index contributed by atoms with van der Waals surface area (Å²) < 4.78 is 18.1. The van der Waals surface area contributed by atoms with Crippen molar-refractivity contribution in [1.82, 2.24) is 4.90 Å². The average molecular weight is 446 g/mol. The van der Waals surface area contributed by atoms with Crippen LogP contribution >= 0.6 is 34.8 Å². The molecule has 0 bridgehead atoms. The van der Waals surface area contributed by atoms with E-state index in [1.54, 1.807) is 17.0 Å². The van der Waals surface area contributed by atoms with Gasteiger partial charge in [-0.2, -0.15) is 0 Å². The van der Waals surface area contributed by atoms with Gasteiger partial charge in [0.1, 0.15) is 5.82 Å². The zero-order valence-electron chi connectivity index (χ0n) is 14.6. The minimum Gasteiger partial charge on any atom is -0.452 e. The molecule has 1 aliphatic rings. The summed E-state index contributed by atoms with van der Waals surface area (Å²) in [6.45, 7) is 1.70. The molecule has 0 spiro atoms. The summed E-state index contributed by atoms with van der Waals surface area (Å²) in [5.41, 5.74) is 0.829. The van der Waals surface area contributed by atoms with Gasteiger partial charge in [0.05, 0.1) is 20.6 Å². The Morgan fingerprint density at radius 3 is 2.18 bits per heavy atom. The molecule has 148 valence electrons. The van der Waals surface area contributed by atoms with Crippen LogP contribution in [0.5, 0.6) is 0 Å². The van der Waals surface area contributed by atoms with Crippen molar-refractivity contribution in [1.29, 1.82) is 0 Å². The molecule has 5 nitrogen and oxygen atoms in total. The van der Waals surface area contributed by atoms with Crippen LogP contribution in [0, 0.1) is 5.82 Å². The van der Waals surface area contributed by atoms with Crippen molar-refractivity contribution >= 4 is 52.4 Å². The van der Waals surface area contributed by atoms with Crippen molar-refractivity contribution in [2.75, 3.05) is 37.7 Å². The van der Waals surface area contributed by atoms with E-state index in [1.165, 1.54) is 24.3 Å². The largest absolute Gasteiger partial charge is 0.452 e. The Labute approximate surface area is 176 Å². The second-order valence-electron chi connectivity index (χ2n) is 6.14. The lowest BCUT2D eigenvalue weighted by Crippen LogP contribution is -2.49. The molecule has 0 aliphatic carbocycles. The Hall–Kier alpha value is -2.02. The number of carbonyl (C=O) groups is 2. The minimum absolute atomic E-state index is 0.0143. The Balaban J connectivity index is 1.53. The molecular weight excluding hydrogens is 430 g/mol. The molecule has 0 aromatic heterocycles. The second kappa shape index (κ2) is 8.99. The van der Waals surface area contributed by atoms with Crippen molar-refractivity contribution in [2.45, 2.75) is 0 Å².